The zero-order chi connectivity index (χ0) is 13.8. The van der Waals surface area contributed by atoms with Gasteiger partial charge in [-0.3, -0.25) is 0 Å². The fraction of sp³-hybridized carbons (Fsp3) is 0.154. The van der Waals surface area contributed by atoms with Crippen molar-refractivity contribution >= 4 is 63.1 Å². The van der Waals surface area contributed by atoms with Gasteiger partial charge in [0.25, 0.3) is 0 Å². The highest BCUT2D eigenvalue weighted by molar-refractivity contribution is 14.1. The highest BCUT2D eigenvalue weighted by Gasteiger charge is 2.09. The molecule has 1 heterocycles. The van der Waals surface area contributed by atoms with Crippen LogP contribution < -0.4 is 10.6 Å². The number of nitrogens with one attached hydrogen (secondary N) is 2. The van der Waals surface area contributed by atoms with Crippen LogP contribution in [0.4, 0.5) is 17.3 Å². The molecule has 1 aromatic heterocycles. The van der Waals surface area contributed by atoms with E-state index >= 15 is 0 Å². The highest BCUT2D eigenvalue weighted by atomic mass is 127. The molecule has 0 aliphatic rings. The van der Waals surface area contributed by atoms with E-state index in [1.54, 1.807) is 6.07 Å². The summed E-state index contributed by atoms with van der Waals surface area (Å²) in [6.45, 7) is 2.73. The molecular formula is C13H12Cl2IN3. The maximum Gasteiger partial charge on any atom is 0.151 e. The number of hydrogen-bond acceptors (Lipinski definition) is 3. The first-order chi connectivity index (χ1) is 9.10. The van der Waals surface area contributed by atoms with Crippen LogP contribution >= 0.6 is 45.8 Å². The van der Waals surface area contributed by atoms with Crippen molar-refractivity contribution in [1.29, 1.82) is 0 Å². The molecule has 0 saturated carbocycles. The maximum atomic E-state index is 6.15. The summed E-state index contributed by atoms with van der Waals surface area (Å²) < 4.78 is 1.14. The average molecular weight is 408 g/mol. The van der Waals surface area contributed by atoms with Crippen molar-refractivity contribution in [3.63, 3.8) is 0 Å². The van der Waals surface area contributed by atoms with Crippen LogP contribution in [-0.2, 0) is 0 Å². The van der Waals surface area contributed by atoms with Crippen LogP contribution in [0.3, 0.4) is 0 Å². The summed E-state index contributed by atoms with van der Waals surface area (Å²) in [6, 6.07) is 9.65. The third kappa shape index (κ3) is 3.87. The predicted molar refractivity (Wildman–Crippen MR) is 90.9 cm³/mol. The second-order valence-corrected chi connectivity index (χ2v) is 5.87. The van der Waals surface area contributed by atoms with E-state index in [0.717, 1.165) is 15.8 Å². The molecule has 0 radical (unpaired) electrons. The first-order valence-electron chi connectivity index (χ1n) is 5.72. The van der Waals surface area contributed by atoms with Crippen LogP contribution in [0.15, 0.2) is 30.3 Å². The molecule has 19 heavy (non-hydrogen) atoms. The summed E-state index contributed by atoms with van der Waals surface area (Å²) in [5.41, 5.74) is 0.936. The predicted octanol–water partition coefficient (Wildman–Crippen LogP) is 5.17. The Morgan fingerprint density at radius 2 is 1.89 bits per heavy atom. The third-order valence-electron chi connectivity index (χ3n) is 2.36. The van der Waals surface area contributed by atoms with Gasteiger partial charge >= 0.3 is 0 Å². The lowest BCUT2D eigenvalue weighted by atomic mass is 10.3. The highest BCUT2D eigenvalue weighted by Crippen LogP contribution is 2.31. The molecule has 2 aromatic rings. The van der Waals surface area contributed by atoms with Gasteiger partial charge in [-0.2, -0.15) is 0 Å². The van der Waals surface area contributed by atoms with Crippen LogP contribution in [-0.4, -0.2) is 11.5 Å². The minimum Gasteiger partial charge on any atom is -0.369 e. The van der Waals surface area contributed by atoms with Crippen molar-refractivity contribution in [1.82, 2.24) is 4.98 Å². The normalized spacial score (nSPS) is 10.3. The van der Waals surface area contributed by atoms with Gasteiger partial charge in [0.05, 0.1) is 10.0 Å². The van der Waals surface area contributed by atoms with E-state index in [-0.39, 0.29) is 0 Å². The molecule has 100 valence electrons. The summed E-state index contributed by atoms with van der Waals surface area (Å²) >= 11 is 14.5. The Bertz CT molecular complexity index is 590. The van der Waals surface area contributed by atoms with E-state index in [1.807, 2.05) is 31.2 Å². The first kappa shape index (κ1) is 14.7. The Hall–Kier alpha value is -0.720. The minimum absolute atomic E-state index is 0.491. The Kier molecular flexibility index (Phi) is 5.13. The van der Waals surface area contributed by atoms with Gasteiger partial charge in [0.15, 0.2) is 5.82 Å². The number of pyridine rings is 1. The summed E-state index contributed by atoms with van der Waals surface area (Å²) in [6.07, 6.45) is 0. The molecule has 6 heteroatoms. The van der Waals surface area contributed by atoms with Gasteiger partial charge in [0, 0.05) is 15.8 Å². The van der Waals surface area contributed by atoms with Crippen molar-refractivity contribution < 1.29 is 0 Å². The van der Waals surface area contributed by atoms with E-state index in [1.165, 1.54) is 0 Å². The van der Waals surface area contributed by atoms with Crippen molar-refractivity contribution in [3.05, 3.63) is 43.9 Å². The summed E-state index contributed by atoms with van der Waals surface area (Å²) in [4.78, 5) is 4.40. The summed E-state index contributed by atoms with van der Waals surface area (Å²) in [5, 5.41) is 7.30. The Balaban J connectivity index is 2.31. The maximum absolute atomic E-state index is 6.15. The van der Waals surface area contributed by atoms with Gasteiger partial charge in [0.1, 0.15) is 5.82 Å². The third-order valence-corrected chi connectivity index (χ3v) is 3.61. The lowest BCUT2D eigenvalue weighted by Gasteiger charge is -2.11. The van der Waals surface area contributed by atoms with Crippen LogP contribution in [0.25, 0.3) is 0 Å². The van der Waals surface area contributed by atoms with Gasteiger partial charge in [-0.1, -0.05) is 29.3 Å². The van der Waals surface area contributed by atoms with Crippen LogP contribution in [0, 0.1) is 3.57 Å². The topological polar surface area (TPSA) is 37.0 Å². The number of nitrogens with zero attached hydrogens (tertiary/aromatic N) is 1. The fourth-order valence-corrected chi connectivity index (χ4v) is 2.56. The molecule has 0 amide bonds. The monoisotopic (exact) mass is 407 g/mol. The average Bonchev–Trinajstić information content (AvgIpc) is 2.35. The van der Waals surface area contributed by atoms with E-state index in [4.69, 9.17) is 23.2 Å². The molecule has 0 saturated heterocycles. The molecule has 2 N–H and O–H groups in total. The molecule has 0 atom stereocenters. The van der Waals surface area contributed by atoms with Gasteiger partial charge in [-0.05, 0) is 53.8 Å². The van der Waals surface area contributed by atoms with E-state index in [0.29, 0.717) is 21.7 Å². The molecule has 0 unspecified atom stereocenters. The Morgan fingerprint density at radius 1 is 1.16 bits per heavy atom. The van der Waals surface area contributed by atoms with Crippen LogP contribution in [0.1, 0.15) is 6.92 Å². The number of aromatic nitrogens is 1. The van der Waals surface area contributed by atoms with Gasteiger partial charge in [-0.15, -0.1) is 0 Å². The molecule has 0 fully saturated rings. The lowest BCUT2D eigenvalue weighted by molar-refractivity contribution is 1.16. The number of halogens is 3. The van der Waals surface area contributed by atoms with Crippen molar-refractivity contribution in [2.75, 3.05) is 17.2 Å². The number of rotatable bonds is 4. The first-order valence-corrected chi connectivity index (χ1v) is 7.56. The van der Waals surface area contributed by atoms with Crippen molar-refractivity contribution in [2.24, 2.45) is 0 Å². The van der Waals surface area contributed by atoms with Gasteiger partial charge in [-0.25, -0.2) is 4.98 Å². The van der Waals surface area contributed by atoms with E-state index in [9.17, 15) is 0 Å². The smallest absolute Gasteiger partial charge is 0.151 e. The molecule has 2 rings (SSSR count). The largest absolute Gasteiger partial charge is 0.369 e. The van der Waals surface area contributed by atoms with Crippen molar-refractivity contribution in [2.45, 2.75) is 6.92 Å². The molecule has 0 aliphatic heterocycles. The molecule has 0 bridgehead atoms. The molecule has 1 aromatic carbocycles. The minimum atomic E-state index is 0.491. The Morgan fingerprint density at radius 3 is 2.58 bits per heavy atom. The fourth-order valence-electron chi connectivity index (χ4n) is 1.55. The zero-order valence-corrected chi connectivity index (χ0v) is 13.8. The van der Waals surface area contributed by atoms with E-state index < -0.39 is 0 Å². The summed E-state index contributed by atoms with van der Waals surface area (Å²) in [7, 11) is 0. The second-order valence-electron chi connectivity index (χ2n) is 3.81. The van der Waals surface area contributed by atoms with Crippen molar-refractivity contribution in [3.8, 4) is 0 Å². The standard InChI is InChI=1S/C13H12Cl2IN3/c1-2-17-12-10(14)7-11(15)13(19-12)18-9-5-3-4-8(16)6-9/h3-7H,2H2,1H3,(H2,17,18,19). The molecule has 3 nitrogen and oxygen atoms in total. The quantitative estimate of drug-likeness (QED) is 0.686. The van der Waals surface area contributed by atoms with Gasteiger partial charge < -0.3 is 10.6 Å². The number of benzene rings is 1. The molecule has 0 spiro atoms. The molecular weight excluding hydrogens is 396 g/mol. The molecule has 0 aliphatic carbocycles. The second kappa shape index (κ2) is 6.63. The zero-order valence-electron chi connectivity index (χ0n) is 10.2. The number of anilines is 3. The van der Waals surface area contributed by atoms with E-state index in [2.05, 4.69) is 38.2 Å². The Labute approximate surface area is 135 Å². The lowest BCUT2D eigenvalue weighted by Crippen LogP contribution is -2.03. The van der Waals surface area contributed by atoms with Crippen LogP contribution in [0.5, 0.6) is 0 Å². The summed E-state index contributed by atoms with van der Waals surface area (Å²) in [5.74, 6) is 1.21. The SMILES string of the molecule is CCNc1nc(Nc2cccc(I)c2)c(Cl)cc1Cl. The number of hydrogen-bond donors (Lipinski definition) is 2. The van der Waals surface area contributed by atoms with Gasteiger partial charge in [0.2, 0.25) is 0 Å². The van der Waals surface area contributed by atoms with Crippen LogP contribution in [0.2, 0.25) is 10.0 Å².